The molecule has 2 aliphatic heterocycles. The van der Waals surface area contributed by atoms with Crippen LogP contribution < -0.4 is 19.7 Å². The van der Waals surface area contributed by atoms with Crippen molar-refractivity contribution in [3.8, 4) is 11.5 Å². The van der Waals surface area contributed by atoms with Crippen molar-refractivity contribution in [3.63, 3.8) is 0 Å². The van der Waals surface area contributed by atoms with E-state index in [9.17, 15) is 0 Å². The molecule has 0 aliphatic carbocycles. The number of piperidine rings is 1. The number of rotatable bonds is 5. The highest BCUT2D eigenvalue weighted by molar-refractivity contribution is 5.81. The smallest absolute Gasteiger partial charge is 0.231 e. The molecule has 0 atom stereocenters. The van der Waals surface area contributed by atoms with Gasteiger partial charge in [-0.2, -0.15) is 0 Å². The highest BCUT2D eigenvalue weighted by Gasteiger charge is 2.17. The summed E-state index contributed by atoms with van der Waals surface area (Å²) in [5.41, 5.74) is 3.53. The van der Waals surface area contributed by atoms with Crippen molar-refractivity contribution in [3.05, 3.63) is 59.7 Å². The molecular formula is C23H25N3O2. The lowest BCUT2D eigenvalue weighted by atomic mass is 10.1. The van der Waals surface area contributed by atoms with Crippen LogP contribution in [0.1, 0.15) is 30.4 Å². The molecule has 0 spiro atoms. The molecule has 0 saturated carbocycles. The summed E-state index contributed by atoms with van der Waals surface area (Å²) in [7, 11) is 0. The van der Waals surface area contributed by atoms with E-state index < -0.39 is 0 Å². The maximum absolute atomic E-state index is 5.48. The van der Waals surface area contributed by atoms with Crippen LogP contribution >= 0.6 is 0 Å². The Labute approximate surface area is 165 Å². The van der Waals surface area contributed by atoms with Crippen LogP contribution in [0.15, 0.2) is 48.5 Å². The molecule has 2 aliphatic rings. The van der Waals surface area contributed by atoms with Crippen molar-refractivity contribution in [2.75, 3.05) is 24.8 Å². The second kappa shape index (κ2) is 7.68. The van der Waals surface area contributed by atoms with Gasteiger partial charge >= 0.3 is 0 Å². The van der Waals surface area contributed by atoms with E-state index in [1.165, 1.54) is 35.8 Å². The van der Waals surface area contributed by atoms with Crippen LogP contribution in [0, 0.1) is 0 Å². The summed E-state index contributed by atoms with van der Waals surface area (Å²) in [5, 5.41) is 4.79. The number of ether oxygens (including phenoxy) is 2. The fraction of sp³-hybridized carbons (Fsp3) is 0.348. The molecule has 0 unspecified atom stereocenters. The molecule has 1 N–H and O–H groups in total. The van der Waals surface area contributed by atoms with Gasteiger partial charge in [-0.3, -0.25) is 0 Å². The summed E-state index contributed by atoms with van der Waals surface area (Å²) in [4.78, 5) is 7.47. The van der Waals surface area contributed by atoms with Crippen molar-refractivity contribution in [2.45, 2.75) is 32.4 Å². The minimum atomic E-state index is 0.314. The lowest BCUT2D eigenvalue weighted by Gasteiger charge is -2.30. The third-order valence-electron chi connectivity index (χ3n) is 5.52. The molecule has 3 heterocycles. The number of para-hydroxylation sites is 1. The lowest BCUT2D eigenvalue weighted by Crippen LogP contribution is -2.31. The first-order valence-electron chi connectivity index (χ1n) is 10.1. The molecule has 1 aromatic heterocycles. The third kappa shape index (κ3) is 3.50. The second-order valence-electron chi connectivity index (χ2n) is 7.50. The van der Waals surface area contributed by atoms with E-state index in [-0.39, 0.29) is 0 Å². The highest BCUT2D eigenvalue weighted by atomic mass is 16.7. The van der Waals surface area contributed by atoms with Gasteiger partial charge in [-0.25, -0.2) is 4.98 Å². The van der Waals surface area contributed by atoms with Crippen molar-refractivity contribution in [2.24, 2.45) is 0 Å². The molecule has 0 bridgehead atoms. The Hall–Kier alpha value is -2.79. The zero-order chi connectivity index (χ0) is 18.8. The largest absolute Gasteiger partial charge is 0.454 e. The number of hydrogen-bond donors (Lipinski definition) is 1. The van der Waals surface area contributed by atoms with E-state index in [4.69, 9.17) is 14.5 Å². The van der Waals surface area contributed by atoms with Gasteiger partial charge < -0.3 is 19.7 Å². The van der Waals surface area contributed by atoms with Crippen molar-refractivity contribution >= 4 is 16.7 Å². The Kier molecular flexibility index (Phi) is 4.75. The molecular weight excluding hydrogens is 350 g/mol. The molecule has 0 radical (unpaired) electrons. The van der Waals surface area contributed by atoms with Crippen LogP contribution in [-0.4, -0.2) is 24.9 Å². The average Bonchev–Trinajstić information content (AvgIpc) is 3.22. The van der Waals surface area contributed by atoms with Crippen LogP contribution in [-0.2, 0) is 13.1 Å². The molecule has 3 aromatic rings. The molecule has 28 heavy (non-hydrogen) atoms. The topological polar surface area (TPSA) is 46.6 Å². The Morgan fingerprint density at radius 1 is 0.893 bits per heavy atom. The fourth-order valence-corrected chi connectivity index (χ4v) is 4.05. The second-order valence-corrected chi connectivity index (χ2v) is 7.50. The first-order valence-corrected chi connectivity index (χ1v) is 10.1. The Morgan fingerprint density at radius 2 is 1.75 bits per heavy atom. The summed E-state index contributed by atoms with van der Waals surface area (Å²) < 4.78 is 10.9. The summed E-state index contributed by atoms with van der Waals surface area (Å²) >= 11 is 0. The van der Waals surface area contributed by atoms with E-state index in [1.807, 2.05) is 6.07 Å². The first-order chi connectivity index (χ1) is 13.9. The summed E-state index contributed by atoms with van der Waals surface area (Å²) in [6, 6.07) is 16.8. The Balaban J connectivity index is 1.36. The van der Waals surface area contributed by atoms with Crippen LogP contribution in [0.25, 0.3) is 10.9 Å². The Morgan fingerprint density at radius 3 is 2.68 bits per heavy atom. The number of pyridine rings is 1. The number of nitrogens with one attached hydrogen (secondary N) is 1. The SMILES string of the molecule is c1ccc2nc(N3CCCCC3)c(CNCc3ccc4c(c3)OCO4)cc2c1. The summed E-state index contributed by atoms with van der Waals surface area (Å²) in [5.74, 6) is 2.80. The average molecular weight is 375 g/mol. The zero-order valence-corrected chi connectivity index (χ0v) is 16.0. The number of aromatic nitrogens is 1. The first kappa shape index (κ1) is 17.3. The lowest BCUT2D eigenvalue weighted by molar-refractivity contribution is 0.174. The van der Waals surface area contributed by atoms with Gasteiger partial charge in [0.25, 0.3) is 0 Å². The number of benzene rings is 2. The van der Waals surface area contributed by atoms with E-state index in [2.05, 4.69) is 52.7 Å². The molecule has 2 aromatic carbocycles. The quantitative estimate of drug-likeness (QED) is 0.723. The van der Waals surface area contributed by atoms with E-state index in [0.717, 1.165) is 49.0 Å². The minimum Gasteiger partial charge on any atom is -0.454 e. The fourth-order valence-electron chi connectivity index (χ4n) is 4.05. The van der Waals surface area contributed by atoms with Crippen LogP contribution in [0.2, 0.25) is 0 Å². The van der Waals surface area contributed by atoms with Gasteiger partial charge in [0.15, 0.2) is 11.5 Å². The predicted octanol–water partition coefficient (Wildman–Crippen LogP) is 4.24. The maximum atomic E-state index is 5.48. The predicted molar refractivity (Wildman–Crippen MR) is 111 cm³/mol. The van der Waals surface area contributed by atoms with Gasteiger partial charge in [0.2, 0.25) is 6.79 Å². The number of hydrogen-bond acceptors (Lipinski definition) is 5. The van der Waals surface area contributed by atoms with Gasteiger partial charge in [-0.1, -0.05) is 24.3 Å². The molecule has 5 rings (SSSR count). The minimum absolute atomic E-state index is 0.314. The van der Waals surface area contributed by atoms with E-state index >= 15 is 0 Å². The van der Waals surface area contributed by atoms with Crippen molar-refractivity contribution in [1.82, 2.24) is 10.3 Å². The standard InChI is InChI=1S/C23H25N3O2/c1-4-10-26(11-5-1)23-19(13-18-6-2-3-7-20(18)25-23)15-24-14-17-8-9-21-22(12-17)28-16-27-21/h2-3,6-9,12-13,24H,1,4-5,10-11,14-16H2. The molecule has 1 saturated heterocycles. The zero-order valence-electron chi connectivity index (χ0n) is 16.0. The maximum Gasteiger partial charge on any atom is 0.231 e. The molecule has 144 valence electrons. The van der Waals surface area contributed by atoms with Crippen molar-refractivity contribution in [1.29, 1.82) is 0 Å². The number of nitrogens with zero attached hydrogens (tertiary/aromatic N) is 2. The van der Waals surface area contributed by atoms with Crippen molar-refractivity contribution < 1.29 is 9.47 Å². The van der Waals surface area contributed by atoms with E-state index in [0.29, 0.717) is 6.79 Å². The normalized spacial score (nSPS) is 15.9. The van der Waals surface area contributed by atoms with Gasteiger partial charge in [-0.05, 0) is 49.1 Å². The number of fused-ring (bicyclic) bond motifs is 2. The molecule has 1 fully saturated rings. The summed E-state index contributed by atoms with van der Waals surface area (Å²) in [6.07, 6.45) is 3.82. The highest BCUT2D eigenvalue weighted by Crippen LogP contribution is 2.32. The van der Waals surface area contributed by atoms with Gasteiger partial charge in [0, 0.05) is 37.1 Å². The van der Waals surface area contributed by atoms with Gasteiger partial charge in [-0.15, -0.1) is 0 Å². The third-order valence-corrected chi connectivity index (χ3v) is 5.52. The monoisotopic (exact) mass is 375 g/mol. The molecule has 5 heteroatoms. The van der Waals surface area contributed by atoms with Crippen LogP contribution in [0.3, 0.4) is 0 Å². The van der Waals surface area contributed by atoms with E-state index in [1.54, 1.807) is 0 Å². The van der Waals surface area contributed by atoms with Crippen LogP contribution in [0.5, 0.6) is 11.5 Å². The number of anilines is 1. The molecule has 0 amide bonds. The summed E-state index contributed by atoms with van der Waals surface area (Å²) in [6.45, 7) is 4.08. The van der Waals surface area contributed by atoms with Gasteiger partial charge in [0.05, 0.1) is 5.52 Å². The van der Waals surface area contributed by atoms with Crippen LogP contribution in [0.4, 0.5) is 5.82 Å². The Bertz CT molecular complexity index is 983. The van der Waals surface area contributed by atoms with Gasteiger partial charge in [0.1, 0.15) is 5.82 Å². The molecule has 5 nitrogen and oxygen atoms in total.